The first-order valence-corrected chi connectivity index (χ1v) is 6.46. The molecule has 108 valence electrons. The number of hydrogen-bond donors (Lipinski definition) is 3. The van der Waals surface area contributed by atoms with Crippen LogP contribution in [0.4, 0.5) is 11.4 Å². The third kappa shape index (κ3) is 3.24. The van der Waals surface area contributed by atoms with Gasteiger partial charge in [0.2, 0.25) is 5.91 Å². The molecule has 1 fully saturated rings. The standard InChI is InChI=1S/C13H17N3O4/c14-13(5-1-2-6-13)8-12(18)15-10-7-9(16(19)20)3-4-11(10)17/h3-4,7,17H,1-2,5-6,8,14H2,(H,15,18). The van der Waals surface area contributed by atoms with E-state index in [1.807, 2.05) is 0 Å². The van der Waals surface area contributed by atoms with Crippen LogP contribution in [0.5, 0.6) is 5.75 Å². The van der Waals surface area contributed by atoms with Crippen molar-refractivity contribution in [2.24, 2.45) is 5.73 Å². The van der Waals surface area contributed by atoms with Crippen LogP contribution in [0, 0.1) is 10.1 Å². The number of nitro benzene ring substituents is 1. The summed E-state index contributed by atoms with van der Waals surface area (Å²) in [4.78, 5) is 22.0. The number of aromatic hydroxyl groups is 1. The number of carbonyl (C=O) groups excluding carboxylic acids is 1. The molecular formula is C13H17N3O4. The summed E-state index contributed by atoms with van der Waals surface area (Å²) in [5.41, 5.74) is 5.44. The van der Waals surface area contributed by atoms with Crippen molar-refractivity contribution in [2.75, 3.05) is 5.32 Å². The van der Waals surface area contributed by atoms with Crippen LogP contribution < -0.4 is 11.1 Å². The second-order valence-corrected chi connectivity index (χ2v) is 5.25. The topological polar surface area (TPSA) is 118 Å². The summed E-state index contributed by atoms with van der Waals surface area (Å²) in [7, 11) is 0. The predicted molar refractivity (Wildman–Crippen MR) is 73.4 cm³/mol. The minimum atomic E-state index is -0.587. The fourth-order valence-electron chi connectivity index (χ4n) is 2.51. The molecule has 1 aromatic carbocycles. The number of nitrogens with zero attached hydrogens (tertiary/aromatic N) is 1. The zero-order chi connectivity index (χ0) is 14.8. The second-order valence-electron chi connectivity index (χ2n) is 5.25. The maximum absolute atomic E-state index is 11.9. The number of amides is 1. The van der Waals surface area contributed by atoms with Gasteiger partial charge in [0.1, 0.15) is 5.75 Å². The van der Waals surface area contributed by atoms with Gasteiger partial charge in [-0.15, -0.1) is 0 Å². The van der Waals surface area contributed by atoms with Crippen molar-refractivity contribution in [3.8, 4) is 5.75 Å². The van der Waals surface area contributed by atoms with Crippen LogP contribution in [0.3, 0.4) is 0 Å². The number of nitrogens with two attached hydrogens (primary N) is 1. The van der Waals surface area contributed by atoms with Gasteiger partial charge in [0.25, 0.3) is 5.69 Å². The number of nitrogens with one attached hydrogen (secondary N) is 1. The molecule has 0 aliphatic heterocycles. The van der Waals surface area contributed by atoms with Crippen LogP contribution in [0.25, 0.3) is 0 Å². The third-order valence-electron chi connectivity index (χ3n) is 3.58. The van der Waals surface area contributed by atoms with E-state index in [-0.39, 0.29) is 29.5 Å². The Morgan fingerprint density at radius 2 is 2.10 bits per heavy atom. The normalized spacial score (nSPS) is 16.9. The fraction of sp³-hybridized carbons (Fsp3) is 0.462. The van der Waals surface area contributed by atoms with Crippen LogP contribution in [-0.4, -0.2) is 21.5 Å². The Hall–Kier alpha value is -2.15. The van der Waals surface area contributed by atoms with Crippen molar-refractivity contribution in [1.29, 1.82) is 0 Å². The highest BCUT2D eigenvalue weighted by Crippen LogP contribution is 2.32. The van der Waals surface area contributed by atoms with E-state index in [9.17, 15) is 20.0 Å². The van der Waals surface area contributed by atoms with E-state index in [2.05, 4.69) is 5.32 Å². The lowest BCUT2D eigenvalue weighted by Gasteiger charge is -2.22. The highest BCUT2D eigenvalue weighted by atomic mass is 16.6. The Morgan fingerprint density at radius 1 is 1.45 bits per heavy atom. The smallest absolute Gasteiger partial charge is 0.271 e. The summed E-state index contributed by atoms with van der Waals surface area (Å²) in [6, 6.07) is 3.49. The summed E-state index contributed by atoms with van der Waals surface area (Å²) in [6.07, 6.45) is 3.75. The van der Waals surface area contributed by atoms with E-state index in [4.69, 9.17) is 5.73 Å². The van der Waals surface area contributed by atoms with Gasteiger partial charge >= 0.3 is 0 Å². The zero-order valence-electron chi connectivity index (χ0n) is 11.0. The molecule has 7 nitrogen and oxygen atoms in total. The van der Waals surface area contributed by atoms with Crippen LogP contribution >= 0.6 is 0 Å². The molecule has 0 saturated heterocycles. The molecule has 0 atom stereocenters. The predicted octanol–water partition coefficient (Wildman–Crippen LogP) is 1.90. The van der Waals surface area contributed by atoms with E-state index < -0.39 is 10.5 Å². The van der Waals surface area contributed by atoms with Gasteiger partial charge in [0, 0.05) is 24.1 Å². The largest absolute Gasteiger partial charge is 0.506 e. The van der Waals surface area contributed by atoms with Crippen LogP contribution in [-0.2, 0) is 4.79 Å². The number of carbonyl (C=O) groups is 1. The lowest BCUT2D eigenvalue weighted by Crippen LogP contribution is -2.40. The lowest BCUT2D eigenvalue weighted by atomic mass is 9.94. The minimum Gasteiger partial charge on any atom is -0.506 e. The molecule has 0 aromatic heterocycles. The number of non-ortho nitro benzene ring substituents is 1. The summed E-state index contributed by atoms with van der Waals surface area (Å²) in [5, 5.41) is 22.8. The first-order chi connectivity index (χ1) is 9.39. The lowest BCUT2D eigenvalue weighted by molar-refractivity contribution is -0.384. The number of rotatable bonds is 4. The van der Waals surface area contributed by atoms with Gasteiger partial charge in [-0.05, 0) is 18.9 Å². The van der Waals surface area contributed by atoms with E-state index >= 15 is 0 Å². The Kier molecular flexibility index (Phi) is 3.89. The van der Waals surface area contributed by atoms with Crippen molar-refractivity contribution in [1.82, 2.24) is 0 Å². The molecule has 1 aromatic rings. The van der Waals surface area contributed by atoms with E-state index in [0.29, 0.717) is 0 Å². The van der Waals surface area contributed by atoms with Crippen molar-refractivity contribution in [3.05, 3.63) is 28.3 Å². The summed E-state index contributed by atoms with van der Waals surface area (Å²) in [5.74, 6) is -0.549. The molecule has 0 bridgehead atoms. The first-order valence-electron chi connectivity index (χ1n) is 6.46. The maximum Gasteiger partial charge on any atom is 0.271 e. The average molecular weight is 279 g/mol. The minimum absolute atomic E-state index is 0.0331. The Morgan fingerprint density at radius 3 is 2.70 bits per heavy atom. The number of phenols is 1. The van der Waals surface area contributed by atoms with Gasteiger partial charge in [-0.2, -0.15) is 0 Å². The highest BCUT2D eigenvalue weighted by molar-refractivity contribution is 5.93. The molecule has 1 saturated carbocycles. The second kappa shape index (κ2) is 5.46. The number of benzene rings is 1. The fourth-order valence-corrected chi connectivity index (χ4v) is 2.51. The SMILES string of the molecule is NC1(CC(=O)Nc2cc([N+](=O)[O-])ccc2O)CCCC1. The highest BCUT2D eigenvalue weighted by Gasteiger charge is 2.31. The number of hydrogen-bond acceptors (Lipinski definition) is 5. The number of nitro groups is 1. The van der Waals surface area contributed by atoms with E-state index in [1.54, 1.807) is 0 Å². The van der Waals surface area contributed by atoms with Crippen molar-refractivity contribution >= 4 is 17.3 Å². The third-order valence-corrected chi connectivity index (χ3v) is 3.58. The van der Waals surface area contributed by atoms with E-state index in [1.165, 1.54) is 12.1 Å². The van der Waals surface area contributed by atoms with Gasteiger partial charge in [0.15, 0.2) is 0 Å². The van der Waals surface area contributed by atoms with Gasteiger partial charge in [-0.1, -0.05) is 12.8 Å². The van der Waals surface area contributed by atoms with Crippen LogP contribution in [0.15, 0.2) is 18.2 Å². The molecule has 20 heavy (non-hydrogen) atoms. The molecule has 0 spiro atoms. The molecule has 1 aliphatic rings. The van der Waals surface area contributed by atoms with Crippen molar-refractivity contribution in [3.63, 3.8) is 0 Å². The van der Waals surface area contributed by atoms with Crippen molar-refractivity contribution in [2.45, 2.75) is 37.6 Å². The molecule has 2 rings (SSSR count). The molecule has 7 heteroatoms. The molecule has 0 radical (unpaired) electrons. The quantitative estimate of drug-likeness (QED) is 0.442. The number of phenolic OH excluding ortho intramolecular Hbond substituents is 1. The van der Waals surface area contributed by atoms with Crippen molar-refractivity contribution < 1.29 is 14.8 Å². The summed E-state index contributed by atoms with van der Waals surface area (Å²) < 4.78 is 0. The summed E-state index contributed by atoms with van der Waals surface area (Å²) >= 11 is 0. The van der Waals surface area contributed by atoms with Gasteiger partial charge in [-0.3, -0.25) is 14.9 Å². The Labute approximate surface area is 115 Å². The van der Waals surface area contributed by atoms with Gasteiger partial charge < -0.3 is 16.2 Å². The zero-order valence-corrected chi connectivity index (χ0v) is 11.0. The van der Waals surface area contributed by atoms with Crippen LogP contribution in [0.2, 0.25) is 0 Å². The molecule has 1 amide bonds. The maximum atomic E-state index is 11.9. The molecule has 4 N–H and O–H groups in total. The molecule has 0 unspecified atom stereocenters. The average Bonchev–Trinajstić information content (AvgIpc) is 2.78. The Bertz CT molecular complexity index is 538. The van der Waals surface area contributed by atoms with Crippen LogP contribution in [0.1, 0.15) is 32.1 Å². The summed E-state index contributed by atoms with van der Waals surface area (Å²) in [6.45, 7) is 0. The molecular weight excluding hydrogens is 262 g/mol. The van der Waals surface area contributed by atoms with Gasteiger partial charge in [-0.25, -0.2) is 0 Å². The molecule has 0 heterocycles. The van der Waals surface area contributed by atoms with Gasteiger partial charge in [0.05, 0.1) is 10.6 Å². The Balaban J connectivity index is 2.07. The number of anilines is 1. The van der Waals surface area contributed by atoms with E-state index in [0.717, 1.165) is 31.7 Å². The molecule has 1 aliphatic carbocycles. The monoisotopic (exact) mass is 279 g/mol. The first kappa shape index (κ1) is 14.3.